The van der Waals surface area contributed by atoms with Crippen LogP contribution in [-0.2, 0) is 56.0 Å². The summed E-state index contributed by atoms with van der Waals surface area (Å²) in [4.78, 5) is 26.7. The molecule has 0 saturated carbocycles. The molecule has 9 aromatic rings. The summed E-state index contributed by atoms with van der Waals surface area (Å²) >= 11 is 0. The van der Waals surface area contributed by atoms with Gasteiger partial charge in [0.2, 0.25) is 12.3 Å². The van der Waals surface area contributed by atoms with Crippen molar-refractivity contribution in [3.63, 3.8) is 0 Å². The summed E-state index contributed by atoms with van der Waals surface area (Å²) < 4.78 is 343. The lowest BCUT2D eigenvalue weighted by atomic mass is 9.12. The van der Waals surface area contributed by atoms with E-state index in [2.05, 4.69) is 6.07 Å². The Morgan fingerprint density at radius 1 is 0.318 bits per heavy atom. The summed E-state index contributed by atoms with van der Waals surface area (Å²) in [5, 5.41) is 3.87. The van der Waals surface area contributed by atoms with Crippen molar-refractivity contribution in [1.82, 2.24) is 0 Å². The fraction of sp³-hybridized carbons (Fsp3) is 0.150. The number of nitrogens with zero attached hydrogens (tertiary/aromatic N) is 1. The highest BCUT2D eigenvalue weighted by molar-refractivity contribution is 7.20. The van der Waals surface area contributed by atoms with Crippen molar-refractivity contribution in [3.8, 4) is 0 Å². The van der Waals surface area contributed by atoms with Gasteiger partial charge in [0.25, 0.3) is 11.5 Å². The largest absolute Gasteiger partial charge is 0.416 e. The van der Waals surface area contributed by atoms with Crippen LogP contribution in [0.4, 0.5) is 105 Å². The number of carbonyl (C=O) groups is 2. The zero-order chi connectivity index (χ0) is 65.1. The van der Waals surface area contributed by atoms with Gasteiger partial charge in [-0.3, -0.25) is 9.59 Å². The van der Waals surface area contributed by atoms with E-state index >= 15 is 0 Å². The molecule has 0 bridgehead atoms. The minimum atomic E-state index is -6.13. The van der Waals surface area contributed by atoms with Gasteiger partial charge < -0.3 is 0 Å². The molecule has 1 heterocycles. The van der Waals surface area contributed by atoms with Crippen LogP contribution in [0, 0.1) is 0 Å². The first-order valence-electron chi connectivity index (χ1n) is 24.9. The first kappa shape index (κ1) is 65.1. The highest BCUT2D eigenvalue weighted by atomic mass is 19.4. The quantitative estimate of drug-likeness (QED) is 0.0475. The van der Waals surface area contributed by atoms with Gasteiger partial charge >= 0.3 is 49.4 Å². The molecule has 0 aliphatic rings. The first-order valence-corrected chi connectivity index (χ1v) is 24.9. The van der Waals surface area contributed by atoms with Crippen LogP contribution in [0.15, 0.2) is 182 Å². The minimum Gasteiger partial charge on any atom is -0.287 e. The number of halogens is 24. The highest BCUT2D eigenvalue weighted by Crippen LogP contribution is 2.42. The van der Waals surface area contributed by atoms with Gasteiger partial charge in [-0.05, 0) is 57.9 Å². The maximum absolute atomic E-state index is 14.2. The number of rotatable bonds is 9. The van der Waals surface area contributed by atoms with E-state index in [4.69, 9.17) is 0 Å². The number of hydrogen-bond donors (Lipinski definition) is 0. The maximum atomic E-state index is 14.2. The molecule has 9 rings (SSSR count). The molecule has 0 saturated heterocycles. The van der Waals surface area contributed by atoms with Gasteiger partial charge in [-0.15, -0.1) is 0 Å². The summed E-state index contributed by atoms with van der Waals surface area (Å²) in [5.74, 6) is -0.122. The van der Waals surface area contributed by atoms with E-state index in [1.54, 1.807) is 29.0 Å². The Bertz CT molecular complexity index is 3620. The molecule has 28 heteroatoms. The second-order valence-electron chi connectivity index (χ2n) is 19.7. The van der Waals surface area contributed by atoms with Gasteiger partial charge in [0.1, 0.15) is 6.15 Å². The summed E-state index contributed by atoms with van der Waals surface area (Å²) in [6.07, 6.45) is -53.0. The minimum absolute atomic E-state index is 0.0337. The summed E-state index contributed by atoms with van der Waals surface area (Å²) in [5.41, 5.74) is -28.4. The monoisotopic (exact) mass is 1270 g/mol. The Balaban J connectivity index is 0.000000269. The maximum Gasteiger partial charge on any atom is 0.416 e. The zero-order valence-electron chi connectivity index (χ0n) is 43.4. The van der Waals surface area contributed by atoms with Crippen molar-refractivity contribution < 1.29 is 120 Å². The molecule has 0 aliphatic heterocycles. The van der Waals surface area contributed by atoms with Gasteiger partial charge in [-0.25, -0.2) is 0 Å². The van der Waals surface area contributed by atoms with E-state index in [9.17, 15) is 115 Å². The van der Waals surface area contributed by atoms with E-state index in [0.717, 1.165) is 21.5 Å². The fourth-order valence-electron chi connectivity index (χ4n) is 10.1. The number of aromatic nitrogens is 1. The Morgan fingerprint density at radius 3 is 0.886 bits per heavy atom. The number of ketones is 2. The highest BCUT2D eigenvalue weighted by Gasteiger charge is 2.47. The standard InChI is InChI=1S/C32H12BF24.C28H20NO2/c34-25(35,36)13-1-14(26(37,38)39)6-21(5-13)33(22-7-15(27(40,41)42)2-16(8-22)28(43,44)45,23-9-17(29(46,47)48)3-18(10-23)30(49,50)51)24-11-19(31(52,53)54)4-20(12-24)32(55,56)57;30-26(20-10-2-1-3-11-20)19-29-17-9-8-16-25(29)28(31)27-23-14-6-4-12-21(23)18-22-13-5-7-15-24(22)27/h1-12H;1-18H,19H2/q-1;+1. The molecular formula is C60H32BF24NO2. The number of benzene rings is 8. The molecule has 0 aliphatic carbocycles. The Morgan fingerprint density at radius 2 is 0.591 bits per heavy atom. The molecule has 0 fully saturated rings. The number of Topliss-reactive ketones (excluding diaryl/α,β-unsaturated/α-hetero) is 1. The van der Waals surface area contributed by atoms with Crippen LogP contribution in [0.25, 0.3) is 21.5 Å². The fourth-order valence-corrected chi connectivity index (χ4v) is 10.1. The van der Waals surface area contributed by atoms with E-state index < -0.39 is 195 Å². The lowest BCUT2D eigenvalue weighted by molar-refractivity contribution is -0.684. The van der Waals surface area contributed by atoms with Crippen LogP contribution in [0.3, 0.4) is 0 Å². The molecule has 0 unspecified atom stereocenters. The van der Waals surface area contributed by atoms with E-state index in [1.165, 1.54) is 0 Å². The van der Waals surface area contributed by atoms with Crippen molar-refractivity contribution in [2.24, 2.45) is 0 Å². The normalized spacial score (nSPS) is 13.1. The van der Waals surface area contributed by atoms with Gasteiger partial charge in [0.05, 0.1) is 44.5 Å². The van der Waals surface area contributed by atoms with E-state index in [-0.39, 0.29) is 18.1 Å². The molecule has 1 aromatic heterocycles. The number of carbonyl (C=O) groups excluding carboxylic acids is 2. The van der Waals surface area contributed by atoms with Crippen LogP contribution in [0.1, 0.15) is 70.9 Å². The molecule has 460 valence electrons. The van der Waals surface area contributed by atoms with Crippen molar-refractivity contribution in [2.45, 2.75) is 56.0 Å². The lowest BCUT2D eigenvalue weighted by Crippen LogP contribution is -2.75. The van der Waals surface area contributed by atoms with Crippen molar-refractivity contribution in [2.75, 3.05) is 0 Å². The number of alkyl halides is 24. The second kappa shape index (κ2) is 23.0. The van der Waals surface area contributed by atoms with Gasteiger partial charge in [0, 0.05) is 23.3 Å². The summed E-state index contributed by atoms with van der Waals surface area (Å²) in [6, 6.07) is 23.8. The Kier molecular flexibility index (Phi) is 17.0. The molecule has 0 radical (unpaired) electrons. The Labute approximate surface area is 479 Å². The summed E-state index contributed by atoms with van der Waals surface area (Å²) in [7, 11) is 0. The van der Waals surface area contributed by atoms with Crippen LogP contribution in [0.2, 0.25) is 0 Å². The van der Waals surface area contributed by atoms with E-state index in [0.29, 0.717) is 16.8 Å². The molecule has 0 N–H and O–H groups in total. The topological polar surface area (TPSA) is 38.0 Å². The third-order valence-electron chi connectivity index (χ3n) is 14.0. The number of hydrogen-bond acceptors (Lipinski definition) is 2. The average molecular weight is 1270 g/mol. The van der Waals surface area contributed by atoms with Crippen LogP contribution < -0.4 is 26.4 Å². The predicted molar refractivity (Wildman–Crippen MR) is 272 cm³/mol. The van der Waals surface area contributed by atoms with E-state index in [1.807, 2.05) is 78.9 Å². The van der Waals surface area contributed by atoms with Gasteiger partial charge in [-0.2, -0.15) is 132 Å². The van der Waals surface area contributed by atoms with Crippen LogP contribution >= 0.6 is 0 Å². The average Bonchev–Trinajstić information content (AvgIpc) is 0.716. The third-order valence-corrected chi connectivity index (χ3v) is 14.0. The molecule has 0 amide bonds. The van der Waals surface area contributed by atoms with Crippen LogP contribution in [0.5, 0.6) is 0 Å². The smallest absolute Gasteiger partial charge is 0.287 e. The zero-order valence-corrected chi connectivity index (χ0v) is 43.4. The summed E-state index contributed by atoms with van der Waals surface area (Å²) in [6.45, 7) is 0.106. The van der Waals surface area contributed by atoms with Gasteiger partial charge in [-0.1, -0.05) is 127 Å². The molecule has 3 nitrogen and oxygen atoms in total. The van der Waals surface area contributed by atoms with Crippen LogP contribution in [-0.4, -0.2) is 17.7 Å². The first-order chi connectivity index (χ1) is 40.5. The van der Waals surface area contributed by atoms with Crippen molar-refractivity contribution in [3.05, 3.63) is 243 Å². The van der Waals surface area contributed by atoms with Crippen molar-refractivity contribution >= 4 is 61.1 Å². The molecule has 8 aromatic carbocycles. The van der Waals surface area contributed by atoms with Crippen molar-refractivity contribution in [1.29, 1.82) is 0 Å². The molecule has 88 heavy (non-hydrogen) atoms. The predicted octanol–water partition coefficient (Wildman–Crippen LogP) is 16.6. The van der Waals surface area contributed by atoms with Gasteiger partial charge in [0.15, 0.2) is 6.20 Å². The Hall–Kier alpha value is -8.85. The second-order valence-corrected chi connectivity index (χ2v) is 19.7. The molecule has 0 atom stereocenters. The lowest BCUT2D eigenvalue weighted by Gasteiger charge is -2.46. The molecular weight excluding hydrogens is 1230 g/mol. The third kappa shape index (κ3) is 13.8. The number of fused-ring (bicyclic) bond motifs is 2. The number of pyridine rings is 1. The molecule has 0 spiro atoms. The SMILES string of the molecule is FC(F)(F)c1cc([B-](c2cc(C(F)(F)F)cc(C(F)(F)F)c2)(c2cc(C(F)(F)F)cc(C(F)(F)F)c2)c2cc(C(F)(F)F)cc(C(F)(F)F)c2)cc(C(F)(F)F)c1.O=C(C[n+]1ccccc1C(=O)c1c2ccccc2cc2ccccc12)c1ccccc1.